The average molecular weight is 444 g/mol. The monoisotopic (exact) mass is 444 g/mol. The van der Waals surface area contributed by atoms with Crippen LogP contribution in [0.4, 0.5) is 0 Å². The van der Waals surface area contributed by atoms with E-state index in [1.807, 2.05) is 91.1 Å². The first-order chi connectivity index (χ1) is 16.4. The SMILES string of the molecule is c1ccc2ncccc2c1.c1cnc2c([O][Al][O]c3cccc4cccnc34)cccc2c1. The largest absolute Gasteiger partial charge is 0.882 e. The van der Waals surface area contributed by atoms with Gasteiger partial charge in [-0.1, -0.05) is 60.7 Å². The first kappa shape index (κ1) is 20.9. The zero-order valence-electron chi connectivity index (χ0n) is 17.7. The zero-order chi connectivity index (χ0) is 22.3. The summed E-state index contributed by atoms with van der Waals surface area (Å²) in [5.74, 6) is 1.48. The zero-order valence-corrected chi connectivity index (χ0v) is 18.9. The molecular formula is C27H19AlN3O2. The van der Waals surface area contributed by atoms with Crippen molar-refractivity contribution in [3.63, 3.8) is 0 Å². The van der Waals surface area contributed by atoms with Crippen molar-refractivity contribution in [2.24, 2.45) is 0 Å². The van der Waals surface area contributed by atoms with Gasteiger partial charge in [0, 0.05) is 34.7 Å². The molecule has 33 heavy (non-hydrogen) atoms. The summed E-state index contributed by atoms with van der Waals surface area (Å²) in [6, 6.07) is 31.7. The van der Waals surface area contributed by atoms with Crippen LogP contribution in [0.3, 0.4) is 0 Å². The van der Waals surface area contributed by atoms with E-state index in [-0.39, 0.29) is 0 Å². The molecule has 6 aromatic rings. The van der Waals surface area contributed by atoms with E-state index >= 15 is 0 Å². The number of rotatable bonds is 4. The summed E-state index contributed by atoms with van der Waals surface area (Å²) < 4.78 is 11.7. The smallest absolute Gasteiger partial charge is 0.614 e. The van der Waals surface area contributed by atoms with E-state index in [2.05, 4.69) is 27.1 Å². The average Bonchev–Trinajstić information content (AvgIpc) is 2.89. The second-order valence-electron chi connectivity index (χ2n) is 7.19. The first-order valence-corrected chi connectivity index (χ1v) is 11.4. The van der Waals surface area contributed by atoms with Crippen LogP contribution in [0.2, 0.25) is 0 Å². The lowest BCUT2D eigenvalue weighted by Crippen LogP contribution is -2.11. The number of hydrogen-bond donors (Lipinski definition) is 0. The van der Waals surface area contributed by atoms with Crippen LogP contribution in [0.25, 0.3) is 32.7 Å². The second-order valence-corrected chi connectivity index (χ2v) is 7.85. The van der Waals surface area contributed by atoms with Crippen molar-refractivity contribution in [2.45, 2.75) is 0 Å². The molecule has 0 bridgehead atoms. The van der Waals surface area contributed by atoms with Gasteiger partial charge in [0.25, 0.3) is 0 Å². The summed E-state index contributed by atoms with van der Waals surface area (Å²) >= 11 is -0.704. The highest BCUT2D eigenvalue weighted by Gasteiger charge is 2.11. The van der Waals surface area contributed by atoms with E-state index in [0.717, 1.165) is 38.8 Å². The van der Waals surface area contributed by atoms with E-state index < -0.39 is 15.9 Å². The molecule has 6 heteroatoms. The Labute approximate surface area is 198 Å². The fourth-order valence-corrected chi connectivity index (χ4v) is 4.12. The van der Waals surface area contributed by atoms with Gasteiger partial charge in [-0.05, 0) is 36.4 Å². The van der Waals surface area contributed by atoms with Gasteiger partial charge >= 0.3 is 15.9 Å². The van der Waals surface area contributed by atoms with E-state index in [4.69, 9.17) is 7.58 Å². The Hall–Kier alpha value is -3.98. The molecule has 0 unspecified atom stereocenters. The lowest BCUT2D eigenvalue weighted by atomic mass is 10.2. The Morgan fingerprint density at radius 3 is 1.55 bits per heavy atom. The Morgan fingerprint density at radius 1 is 0.455 bits per heavy atom. The lowest BCUT2D eigenvalue weighted by Gasteiger charge is -2.11. The topological polar surface area (TPSA) is 57.1 Å². The van der Waals surface area contributed by atoms with Crippen LogP contribution in [0, 0.1) is 0 Å². The minimum absolute atomic E-state index is 0.704. The van der Waals surface area contributed by atoms with E-state index in [0.29, 0.717) is 0 Å². The highest BCUT2D eigenvalue weighted by atomic mass is 27.2. The molecule has 0 amide bonds. The normalized spacial score (nSPS) is 10.4. The van der Waals surface area contributed by atoms with Crippen molar-refractivity contribution in [3.8, 4) is 11.5 Å². The molecule has 0 saturated carbocycles. The summed E-state index contributed by atoms with van der Waals surface area (Å²) in [5.41, 5.74) is 2.76. The maximum absolute atomic E-state index is 5.84. The molecule has 0 aliphatic heterocycles. The van der Waals surface area contributed by atoms with Crippen molar-refractivity contribution >= 4 is 48.6 Å². The molecule has 0 fully saturated rings. The summed E-state index contributed by atoms with van der Waals surface area (Å²) in [7, 11) is 0. The minimum atomic E-state index is -0.704. The van der Waals surface area contributed by atoms with Gasteiger partial charge in [0.2, 0.25) is 0 Å². The van der Waals surface area contributed by atoms with E-state index in [9.17, 15) is 0 Å². The summed E-state index contributed by atoms with van der Waals surface area (Å²) in [5, 5.41) is 3.30. The quantitative estimate of drug-likeness (QED) is 0.312. The fourth-order valence-electron chi connectivity index (χ4n) is 3.49. The predicted molar refractivity (Wildman–Crippen MR) is 132 cm³/mol. The Balaban J connectivity index is 0.000000190. The Morgan fingerprint density at radius 2 is 0.939 bits per heavy atom. The molecule has 0 saturated heterocycles. The summed E-state index contributed by atoms with van der Waals surface area (Å²) in [4.78, 5) is 12.9. The van der Waals surface area contributed by atoms with Gasteiger partial charge in [0.05, 0.1) is 5.52 Å². The Bertz CT molecular complexity index is 1370. The van der Waals surface area contributed by atoms with Gasteiger partial charge in [-0.2, -0.15) is 0 Å². The third kappa shape index (κ3) is 4.93. The molecule has 0 aliphatic carbocycles. The van der Waals surface area contributed by atoms with Crippen molar-refractivity contribution < 1.29 is 7.58 Å². The number of pyridine rings is 3. The van der Waals surface area contributed by atoms with Crippen LogP contribution in [0.15, 0.2) is 116 Å². The summed E-state index contributed by atoms with van der Waals surface area (Å²) in [6.45, 7) is 0. The van der Waals surface area contributed by atoms with Gasteiger partial charge < -0.3 is 7.58 Å². The molecule has 5 nitrogen and oxygen atoms in total. The summed E-state index contributed by atoms with van der Waals surface area (Å²) in [6.07, 6.45) is 5.34. The van der Waals surface area contributed by atoms with Gasteiger partial charge in [0.1, 0.15) is 22.5 Å². The standard InChI is InChI=1S/2C9H7NO.C9H7N.Al/c2*11-8-5-1-3-7-4-2-6-10-9(7)8;1-2-6-9-8(4-1)5-3-7-10-9;/h2*1-6,11H;1-7H;/q;;;+2/p-2. The molecule has 3 aromatic heterocycles. The van der Waals surface area contributed by atoms with Crippen LogP contribution in [0.5, 0.6) is 11.5 Å². The predicted octanol–water partition coefficient (Wildman–Crippen LogP) is 6.01. The van der Waals surface area contributed by atoms with Crippen molar-refractivity contribution in [2.75, 3.05) is 0 Å². The van der Waals surface area contributed by atoms with E-state index in [1.165, 1.54) is 5.39 Å². The highest BCUT2D eigenvalue weighted by molar-refractivity contribution is 6.21. The lowest BCUT2D eigenvalue weighted by molar-refractivity contribution is 0.463. The number of fused-ring (bicyclic) bond motifs is 3. The van der Waals surface area contributed by atoms with Crippen LogP contribution < -0.4 is 7.58 Å². The number of nitrogens with zero attached hydrogens (tertiary/aromatic N) is 3. The number of hydrogen-bond acceptors (Lipinski definition) is 5. The number of para-hydroxylation sites is 3. The molecule has 0 aliphatic rings. The molecule has 157 valence electrons. The second kappa shape index (κ2) is 10.1. The van der Waals surface area contributed by atoms with Crippen molar-refractivity contribution in [3.05, 3.63) is 116 Å². The maximum atomic E-state index is 5.84. The molecule has 3 aromatic carbocycles. The number of aromatic nitrogens is 3. The molecule has 3 heterocycles. The van der Waals surface area contributed by atoms with Crippen LogP contribution in [0.1, 0.15) is 0 Å². The van der Waals surface area contributed by atoms with Crippen LogP contribution >= 0.6 is 0 Å². The van der Waals surface area contributed by atoms with Crippen LogP contribution in [-0.2, 0) is 0 Å². The third-order valence-electron chi connectivity index (χ3n) is 5.05. The minimum Gasteiger partial charge on any atom is -0.614 e. The highest BCUT2D eigenvalue weighted by Crippen LogP contribution is 2.25. The molecule has 1 radical (unpaired) electrons. The van der Waals surface area contributed by atoms with Crippen LogP contribution in [-0.4, -0.2) is 30.8 Å². The first-order valence-electron chi connectivity index (χ1n) is 10.5. The van der Waals surface area contributed by atoms with Gasteiger partial charge in [0.15, 0.2) is 0 Å². The molecule has 6 rings (SSSR count). The van der Waals surface area contributed by atoms with Gasteiger partial charge in [-0.25, -0.2) is 0 Å². The molecule has 0 N–H and O–H groups in total. The maximum Gasteiger partial charge on any atom is 0.882 e. The van der Waals surface area contributed by atoms with E-state index in [1.54, 1.807) is 12.4 Å². The molecular weight excluding hydrogens is 425 g/mol. The Kier molecular flexibility index (Phi) is 6.39. The number of benzene rings is 3. The van der Waals surface area contributed by atoms with Gasteiger partial charge in [-0.15, -0.1) is 0 Å². The van der Waals surface area contributed by atoms with Gasteiger partial charge in [-0.3, -0.25) is 15.0 Å². The fraction of sp³-hybridized carbons (Fsp3) is 0. The molecule has 0 spiro atoms. The van der Waals surface area contributed by atoms with Crippen molar-refractivity contribution in [1.29, 1.82) is 0 Å². The molecule has 0 atom stereocenters. The third-order valence-corrected chi connectivity index (χ3v) is 5.75. The van der Waals surface area contributed by atoms with Crippen molar-refractivity contribution in [1.82, 2.24) is 15.0 Å².